The van der Waals surface area contributed by atoms with Crippen molar-refractivity contribution in [3.05, 3.63) is 94.4 Å². The molecule has 0 N–H and O–H groups in total. The second kappa shape index (κ2) is 8.51. The number of esters is 1. The van der Waals surface area contributed by atoms with Crippen LogP contribution in [0, 0.1) is 13.8 Å². The number of pyridine rings is 1. The number of imidazole rings is 1. The zero-order chi connectivity index (χ0) is 21.1. The molecule has 4 rings (SSSR count). The standard InChI is InChI=1S/C22H20ClN5O2/c1-15-12-16(2)28(26-15)19-9-8-18(23)21(25-19)22(29)30-14-20-24-10-11-27(20)13-17-6-4-3-5-7-17/h3-12H,13-14H2,1-2H3. The molecule has 7 nitrogen and oxygen atoms in total. The highest BCUT2D eigenvalue weighted by Gasteiger charge is 2.18. The van der Waals surface area contributed by atoms with Gasteiger partial charge in [0.25, 0.3) is 0 Å². The fraction of sp³-hybridized carbons (Fsp3) is 0.182. The van der Waals surface area contributed by atoms with Crippen molar-refractivity contribution in [1.29, 1.82) is 0 Å². The Labute approximate surface area is 178 Å². The molecule has 0 amide bonds. The van der Waals surface area contributed by atoms with E-state index in [0.29, 0.717) is 18.2 Å². The molecular formula is C22H20ClN5O2. The molecule has 0 bridgehead atoms. The number of aryl methyl sites for hydroxylation is 2. The molecule has 0 spiro atoms. The highest BCUT2D eigenvalue weighted by atomic mass is 35.5. The molecule has 3 aromatic heterocycles. The summed E-state index contributed by atoms with van der Waals surface area (Å²) in [7, 11) is 0. The monoisotopic (exact) mass is 421 g/mol. The summed E-state index contributed by atoms with van der Waals surface area (Å²) in [4.78, 5) is 21.3. The molecular weight excluding hydrogens is 402 g/mol. The van der Waals surface area contributed by atoms with Crippen LogP contribution in [0.4, 0.5) is 0 Å². The number of rotatable bonds is 6. The first kappa shape index (κ1) is 19.8. The molecule has 0 aliphatic heterocycles. The minimum atomic E-state index is -0.613. The predicted octanol–water partition coefficient (Wildman–Crippen LogP) is 4.14. The lowest BCUT2D eigenvalue weighted by Crippen LogP contribution is -2.13. The van der Waals surface area contributed by atoms with Gasteiger partial charge in [-0.3, -0.25) is 0 Å². The first-order valence-electron chi connectivity index (χ1n) is 9.42. The van der Waals surface area contributed by atoms with Gasteiger partial charge in [-0.25, -0.2) is 19.4 Å². The van der Waals surface area contributed by atoms with E-state index in [1.54, 1.807) is 23.0 Å². The van der Waals surface area contributed by atoms with Crippen molar-refractivity contribution in [2.75, 3.05) is 0 Å². The SMILES string of the molecule is Cc1cc(C)n(-c2ccc(Cl)c(C(=O)OCc3nccn3Cc3ccccc3)n2)n1. The lowest BCUT2D eigenvalue weighted by molar-refractivity contribution is 0.0451. The number of hydrogen-bond donors (Lipinski definition) is 0. The number of hydrogen-bond acceptors (Lipinski definition) is 5. The van der Waals surface area contributed by atoms with E-state index < -0.39 is 5.97 Å². The minimum absolute atomic E-state index is 0.0147. The summed E-state index contributed by atoms with van der Waals surface area (Å²) in [5.74, 6) is 0.526. The molecule has 0 atom stereocenters. The molecule has 1 aromatic carbocycles. The van der Waals surface area contributed by atoms with Crippen molar-refractivity contribution < 1.29 is 9.53 Å². The molecule has 4 aromatic rings. The van der Waals surface area contributed by atoms with Gasteiger partial charge in [-0.2, -0.15) is 5.10 Å². The summed E-state index contributed by atoms with van der Waals surface area (Å²) in [6.45, 7) is 4.47. The molecule has 0 aliphatic carbocycles. The lowest BCUT2D eigenvalue weighted by atomic mass is 10.2. The minimum Gasteiger partial charge on any atom is -0.453 e. The van der Waals surface area contributed by atoms with E-state index in [2.05, 4.69) is 15.1 Å². The van der Waals surface area contributed by atoms with Crippen LogP contribution in [0.3, 0.4) is 0 Å². The van der Waals surface area contributed by atoms with Crippen molar-refractivity contribution in [2.24, 2.45) is 0 Å². The van der Waals surface area contributed by atoms with Crippen molar-refractivity contribution >= 4 is 17.6 Å². The van der Waals surface area contributed by atoms with Crippen LogP contribution in [-0.4, -0.2) is 30.3 Å². The van der Waals surface area contributed by atoms with Gasteiger partial charge in [0.05, 0.1) is 10.7 Å². The number of nitrogens with zero attached hydrogens (tertiary/aromatic N) is 5. The molecule has 0 saturated heterocycles. The largest absolute Gasteiger partial charge is 0.453 e. The van der Waals surface area contributed by atoms with Crippen LogP contribution < -0.4 is 0 Å². The molecule has 152 valence electrons. The van der Waals surface area contributed by atoms with Crippen molar-refractivity contribution in [2.45, 2.75) is 27.0 Å². The molecule has 0 saturated carbocycles. The maximum atomic E-state index is 12.7. The average molecular weight is 422 g/mol. The topological polar surface area (TPSA) is 74.8 Å². The van der Waals surface area contributed by atoms with Gasteiger partial charge in [0.2, 0.25) is 0 Å². The van der Waals surface area contributed by atoms with Gasteiger partial charge in [-0.15, -0.1) is 0 Å². The third-order valence-corrected chi connectivity index (χ3v) is 4.89. The van der Waals surface area contributed by atoms with Gasteiger partial charge >= 0.3 is 5.97 Å². The van der Waals surface area contributed by atoms with Gasteiger partial charge in [0, 0.05) is 24.6 Å². The third-order valence-electron chi connectivity index (χ3n) is 4.58. The third kappa shape index (κ3) is 4.26. The van der Waals surface area contributed by atoms with Gasteiger partial charge in [-0.05, 0) is 37.6 Å². The summed E-state index contributed by atoms with van der Waals surface area (Å²) >= 11 is 6.21. The molecule has 0 fully saturated rings. The average Bonchev–Trinajstić information content (AvgIpc) is 3.32. The normalized spacial score (nSPS) is 10.9. The van der Waals surface area contributed by atoms with Crippen molar-refractivity contribution in [3.63, 3.8) is 0 Å². The second-order valence-electron chi connectivity index (χ2n) is 6.87. The van der Waals surface area contributed by atoms with Crippen LogP contribution in [0.1, 0.15) is 33.3 Å². The molecule has 30 heavy (non-hydrogen) atoms. The van der Waals surface area contributed by atoms with Gasteiger partial charge in [0.1, 0.15) is 12.4 Å². The Morgan fingerprint density at radius 2 is 1.93 bits per heavy atom. The van der Waals surface area contributed by atoms with Crippen LogP contribution in [0.15, 0.2) is 60.9 Å². The summed E-state index contributed by atoms with van der Waals surface area (Å²) in [5.41, 5.74) is 2.94. The second-order valence-corrected chi connectivity index (χ2v) is 7.28. The van der Waals surface area contributed by atoms with Gasteiger partial charge in [-0.1, -0.05) is 41.9 Å². The Bertz CT molecular complexity index is 1180. The predicted molar refractivity (Wildman–Crippen MR) is 113 cm³/mol. The number of carbonyl (C=O) groups is 1. The van der Waals surface area contributed by atoms with Crippen molar-refractivity contribution in [1.82, 2.24) is 24.3 Å². The molecule has 0 radical (unpaired) electrons. The maximum Gasteiger partial charge on any atom is 0.359 e. The molecule has 8 heteroatoms. The Balaban J connectivity index is 1.49. The number of ether oxygens (including phenoxy) is 1. The summed E-state index contributed by atoms with van der Waals surface area (Å²) < 4.78 is 9.06. The van der Waals surface area contributed by atoms with E-state index in [0.717, 1.165) is 17.0 Å². The summed E-state index contributed by atoms with van der Waals surface area (Å²) in [5, 5.41) is 4.61. The molecule has 0 unspecified atom stereocenters. The number of halogens is 1. The number of carbonyl (C=O) groups excluding carboxylic acids is 1. The Morgan fingerprint density at radius 1 is 1.13 bits per heavy atom. The Kier molecular flexibility index (Phi) is 5.63. The lowest BCUT2D eigenvalue weighted by Gasteiger charge is -2.10. The number of aromatic nitrogens is 5. The van der Waals surface area contributed by atoms with E-state index in [-0.39, 0.29) is 17.3 Å². The summed E-state index contributed by atoms with van der Waals surface area (Å²) in [6.07, 6.45) is 3.53. The first-order chi connectivity index (χ1) is 14.5. The highest BCUT2D eigenvalue weighted by Crippen LogP contribution is 2.19. The molecule has 3 heterocycles. The summed E-state index contributed by atoms with van der Waals surface area (Å²) in [6, 6.07) is 15.3. The number of benzene rings is 1. The fourth-order valence-corrected chi connectivity index (χ4v) is 3.34. The van der Waals surface area contributed by atoms with Crippen LogP contribution in [-0.2, 0) is 17.9 Å². The van der Waals surface area contributed by atoms with E-state index in [1.807, 2.05) is 61.0 Å². The first-order valence-corrected chi connectivity index (χ1v) is 9.80. The van der Waals surface area contributed by atoms with Gasteiger partial charge < -0.3 is 9.30 Å². The Hall–Kier alpha value is -3.45. The van der Waals surface area contributed by atoms with Crippen molar-refractivity contribution in [3.8, 4) is 5.82 Å². The fourth-order valence-electron chi connectivity index (χ4n) is 3.16. The van der Waals surface area contributed by atoms with Crippen LogP contribution in [0.2, 0.25) is 5.02 Å². The molecule has 0 aliphatic rings. The zero-order valence-electron chi connectivity index (χ0n) is 16.6. The van der Waals surface area contributed by atoms with E-state index >= 15 is 0 Å². The van der Waals surface area contributed by atoms with Crippen LogP contribution in [0.5, 0.6) is 0 Å². The quantitative estimate of drug-likeness (QED) is 0.437. The maximum absolute atomic E-state index is 12.7. The van der Waals surface area contributed by atoms with E-state index in [9.17, 15) is 4.79 Å². The highest BCUT2D eigenvalue weighted by molar-refractivity contribution is 6.33. The van der Waals surface area contributed by atoms with E-state index in [1.165, 1.54) is 0 Å². The van der Waals surface area contributed by atoms with Gasteiger partial charge in [0.15, 0.2) is 11.5 Å². The zero-order valence-corrected chi connectivity index (χ0v) is 17.4. The van der Waals surface area contributed by atoms with Crippen LogP contribution >= 0.6 is 11.6 Å². The Morgan fingerprint density at radius 3 is 2.67 bits per heavy atom. The van der Waals surface area contributed by atoms with E-state index in [4.69, 9.17) is 16.3 Å². The smallest absolute Gasteiger partial charge is 0.359 e. The van der Waals surface area contributed by atoms with Crippen LogP contribution in [0.25, 0.3) is 5.82 Å².